The number of benzene rings is 1. The number of rotatable bonds is 3. The van der Waals surface area contributed by atoms with Crippen molar-refractivity contribution in [3.05, 3.63) is 52.3 Å². The van der Waals surface area contributed by atoms with Crippen LogP contribution in [0.4, 0.5) is 11.5 Å². The second kappa shape index (κ2) is 7.38. The number of hydrogen-bond acceptors (Lipinski definition) is 4. The van der Waals surface area contributed by atoms with Gasteiger partial charge < -0.3 is 19.5 Å². The Morgan fingerprint density at radius 2 is 2.00 bits per heavy atom. The number of pyridine rings is 1. The smallest absolute Gasteiger partial charge is 0.257 e. The number of nitrogens with zero attached hydrogens (tertiary/aromatic N) is 3. The topological polar surface area (TPSA) is 59.4 Å². The molecule has 1 N–H and O–H groups in total. The molecule has 1 aromatic carbocycles. The maximum Gasteiger partial charge on any atom is 0.257 e. The van der Waals surface area contributed by atoms with Crippen molar-refractivity contribution in [2.24, 2.45) is 7.05 Å². The van der Waals surface area contributed by atoms with Crippen LogP contribution in [0, 0.1) is 0 Å². The average molecular weight is 405 g/mol. The maximum atomic E-state index is 13.0. The summed E-state index contributed by atoms with van der Waals surface area (Å²) in [6, 6.07) is 7.16. The summed E-state index contributed by atoms with van der Waals surface area (Å²) in [5.74, 6) is 0.599. The SMILES string of the molecule is Cn1ccc2c(Nc3ccc(Cl)cc3Cl)ncc(C(=O)N3CCOCC3)c21. The summed E-state index contributed by atoms with van der Waals surface area (Å²) in [4.78, 5) is 19.3. The Hall–Kier alpha value is -2.28. The Kier molecular flexibility index (Phi) is 4.95. The number of fused-ring (bicyclic) bond motifs is 1. The summed E-state index contributed by atoms with van der Waals surface area (Å²) in [5, 5.41) is 5.16. The molecule has 140 valence electrons. The first-order valence-corrected chi connectivity index (χ1v) is 9.33. The van der Waals surface area contributed by atoms with E-state index in [0.29, 0.717) is 53.4 Å². The maximum absolute atomic E-state index is 13.0. The van der Waals surface area contributed by atoms with Crippen LogP contribution >= 0.6 is 23.2 Å². The fraction of sp³-hybridized carbons (Fsp3) is 0.263. The molecule has 6 nitrogen and oxygen atoms in total. The van der Waals surface area contributed by atoms with E-state index < -0.39 is 0 Å². The van der Waals surface area contributed by atoms with E-state index in [2.05, 4.69) is 10.3 Å². The second-order valence-corrected chi connectivity index (χ2v) is 7.21. The molecule has 27 heavy (non-hydrogen) atoms. The van der Waals surface area contributed by atoms with Crippen molar-refractivity contribution in [3.8, 4) is 0 Å². The van der Waals surface area contributed by atoms with E-state index in [1.807, 2.05) is 23.9 Å². The van der Waals surface area contributed by atoms with Gasteiger partial charge in [-0.1, -0.05) is 23.2 Å². The van der Waals surface area contributed by atoms with Crippen LogP contribution in [0.3, 0.4) is 0 Å². The zero-order valence-electron chi connectivity index (χ0n) is 14.7. The van der Waals surface area contributed by atoms with Crippen LogP contribution in [0.2, 0.25) is 10.0 Å². The molecule has 0 saturated carbocycles. The normalized spacial score (nSPS) is 14.6. The van der Waals surface area contributed by atoms with Gasteiger partial charge in [0.25, 0.3) is 5.91 Å². The molecule has 0 radical (unpaired) electrons. The summed E-state index contributed by atoms with van der Waals surface area (Å²) < 4.78 is 7.27. The number of carbonyl (C=O) groups excluding carboxylic acids is 1. The van der Waals surface area contributed by atoms with Gasteiger partial charge >= 0.3 is 0 Å². The van der Waals surface area contributed by atoms with Gasteiger partial charge in [-0.2, -0.15) is 0 Å². The summed E-state index contributed by atoms with van der Waals surface area (Å²) in [6.07, 6.45) is 3.53. The molecule has 8 heteroatoms. The number of amides is 1. The summed E-state index contributed by atoms with van der Waals surface area (Å²) in [6.45, 7) is 2.30. The van der Waals surface area contributed by atoms with Gasteiger partial charge in [0.2, 0.25) is 0 Å². The zero-order chi connectivity index (χ0) is 19.0. The molecule has 4 rings (SSSR count). The lowest BCUT2D eigenvalue weighted by atomic mass is 10.1. The highest BCUT2D eigenvalue weighted by molar-refractivity contribution is 6.36. The van der Waals surface area contributed by atoms with Gasteiger partial charge in [-0.15, -0.1) is 0 Å². The first-order valence-electron chi connectivity index (χ1n) is 8.58. The minimum atomic E-state index is -0.0336. The van der Waals surface area contributed by atoms with Crippen LogP contribution in [0.25, 0.3) is 10.9 Å². The number of morpholine rings is 1. The minimum Gasteiger partial charge on any atom is -0.378 e. The molecule has 0 unspecified atom stereocenters. The highest BCUT2D eigenvalue weighted by Gasteiger charge is 2.23. The number of halogens is 2. The number of ether oxygens (including phenoxy) is 1. The number of anilines is 2. The van der Waals surface area contributed by atoms with E-state index in [0.717, 1.165) is 10.9 Å². The molecule has 1 saturated heterocycles. The number of nitrogens with one attached hydrogen (secondary N) is 1. The predicted molar refractivity (Wildman–Crippen MR) is 107 cm³/mol. The highest BCUT2D eigenvalue weighted by atomic mass is 35.5. The Morgan fingerprint density at radius 1 is 1.22 bits per heavy atom. The van der Waals surface area contributed by atoms with Gasteiger partial charge in [0, 0.05) is 42.9 Å². The zero-order valence-corrected chi connectivity index (χ0v) is 16.2. The standard InChI is InChI=1S/C19H18Cl2N4O2/c1-24-5-4-13-17(24)14(19(26)25-6-8-27-9-7-25)11-22-18(13)23-16-3-2-12(20)10-15(16)21/h2-5,10-11H,6-9H2,1H3,(H,22,23). The van der Waals surface area contributed by atoms with Crippen molar-refractivity contribution in [1.82, 2.24) is 14.5 Å². The largest absolute Gasteiger partial charge is 0.378 e. The first-order chi connectivity index (χ1) is 13.0. The lowest BCUT2D eigenvalue weighted by Gasteiger charge is -2.27. The van der Waals surface area contributed by atoms with Crippen molar-refractivity contribution < 1.29 is 9.53 Å². The lowest BCUT2D eigenvalue weighted by Crippen LogP contribution is -2.40. The third kappa shape index (κ3) is 3.48. The molecule has 1 amide bonds. The van der Waals surface area contributed by atoms with Gasteiger partial charge in [0.15, 0.2) is 0 Å². The summed E-state index contributed by atoms with van der Waals surface area (Å²) in [7, 11) is 1.91. The number of aromatic nitrogens is 2. The fourth-order valence-electron chi connectivity index (χ4n) is 3.23. The Bertz CT molecular complexity index is 1010. The van der Waals surface area contributed by atoms with Gasteiger partial charge in [0.1, 0.15) is 5.82 Å². The van der Waals surface area contributed by atoms with E-state index in [-0.39, 0.29) is 5.91 Å². The molecule has 2 aromatic heterocycles. The molecule has 1 aliphatic heterocycles. The predicted octanol–water partition coefficient (Wildman–Crippen LogP) is 4.10. The fourth-order valence-corrected chi connectivity index (χ4v) is 3.68. The van der Waals surface area contributed by atoms with E-state index in [9.17, 15) is 4.79 Å². The van der Waals surface area contributed by atoms with Crippen molar-refractivity contribution in [3.63, 3.8) is 0 Å². The molecule has 3 aromatic rings. The van der Waals surface area contributed by atoms with Crippen LogP contribution in [-0.2, 0) is 11.8 Å². The van der Waals surface area contributed by atoms with Crippen LogP contribution in [0.15, 0.2) is 36.7 Å². The molecule has 1 fully saturated rings. The minimum absolute atomic E-state index is 0.0336. The molecular formula is C19H18Cl2N4O2. The molecule has 0 spiro atoms. The molecular weight excluding hydrogens is 387 g/mol. The van der Waals surface area contributed by atoms with Gasteiger partial charge in [-0.05, 0) is 24.3 Å². The van der Waals surface area contributed by atoms with Crippen molar-refractivity contribution in [1.29, 1.82) is 0 Å². The van der Waals surface area contributed by atoms with Crippen LogP contribution < -0.4 is 5.32 Å². The van der Waals surface area contributed by atoms with Gasteiger partial charge in [-0.3, -0.25) is 4.79 Å². The van der Waals surface area contributed by atoms with Gasteiger partial charge in [-0.25, -0.2) is 4.98 Å². The van der Waals surface area contributed by atoms with Crippen LogP contribution in [-0.4, -0.2) is 46.7 Å². The molecule has 3 heterocycles. The first kappa shape index (κ1) is 18.1. The Labute approximate surface area is 166 Å². The molecule has 0 bridgehead atoms. The lowest BCUT2D eigenvalue weighted by molar-refractivity contribution is 0.0303. The number of aryl methyl sites for hydroxylation is 1. The van der Waals surface area contributed by atoms with Crippen LogP contribution in [0.5, 0.6) is 0 Å². The van der Waals surface area contributed by atoms with E-state index >= 15 is 0 Å². The van der Waals surface area contributed by atoms with Crippen LogP contribution in [0.1, 0.15) is 10.4 Å². The monoisotopic (exact) mass is 404 g/mol. The molecule has 1 aliphatic rings. The summed E-state index contributed by atoms with van der Waals surface area (Å²) >= 11 is 12.2. The Morgan fingerprint density at radius 3 is 2.74 bits per heavy atom. The Balaban J connectivity index is 1.73. The number of hydrogen-bond donors (Lipinski definition) is 1. The third-order valence-corrected chi connectivity index (χ3v) is 5.17. The average Bonchev–Trinajstić information content (AvgIpc) is 3.07. The second-order valence-electron chi connectivity index (χ2n) is 6.36. The highest BCUT2D eigenvalue weighted by Crippen LogP contribution is 2.32. The van der Waals surface area contributed by atoms with Crippen molar-refractivity contribution >= 4 is 51.5 Å². The summed E-state index contributed by atoms with van der Waals surface area (Å²) in [5.41, 5.74) is 2.10. The van der Waals surface area contributed by atoms with E-state index in [1.54, 1.807) is 29.3 Å². The molecule has 0 aliphatic carbocycles. The molecule has 0 atom stereocenters. The number of carbonyl (C=O) groups is 1. The van der Waals surface area contributed by atoms with E-state index in [4.69, 9.17) is 27.9 Å². The quantitative estimate of drug-likeness (QED) is 0.713. The van der Waals surface area contributed by atoms with E-state index in [1.165, 1.54) is 0 Å². The van der Waals surface area contributed by atoms with Crippen molar-refractivity contribution in [2.75, 3.05) is 31.6 Å². The third-order valence-electron chi connectivity index (χ3n) is 4.62. The van der Waals surface area contributed by atoms with Crippen molar-refractivity contribution in [2.45, 2.75) is 0 Å². The van der Waals surface area contributed by atoms with Gasteiger partial charge in [0.05, 0.1) is 35.0 Å².